The summed E-state index contributed by atoms with van der Waals surface area (Å²) in [5.41, 5.74) is -1.70. The predicted octanol–water partition coefficient (Wildman–Crippen LogP) is 1.07. The molecule has 0 fully saturated rings. The Balaban J connectivity index is 3.00. The van der Waals surface area contributed by atoms with Crippen LogP contribution in [0, 0.1) is 5.82 Å². The van der Waals surface area contributed by atoms with Gasteiger partial charge < -0.3 is 10.4 Å². The lowest BCUT2D eigenvalue weighted by molar-refractivity contribution is -0.147. The molecule has 0 aliphatic rings. The maximum absolute atomic E-state index is 12.9. The maximum Gasteiger partial charge on any atom is 0.333 e. The molecule has 0 spiro atoms. The predicted molar refractivity (Wildman–Crippen MR) is 78.5 cm³/mol. The summed E-state index contributed by atoms with van der Waals surface area (Å²) in [6.45, 7) is 2.88. The fourth-order valence-corrected chi connectivity index (χ4v) is 3.17. The van der Waals surface area contributed by atoms with Crippen molar-refractivity contribution in [2.75, 3.05) is 11.5 Å². The molecule has 1 atom stereocenters. The number of sulfone groups is 1. The van der Waals surface area contributed by atoms with E-state index in [1.807, 2.05) is 0 Å². The Hall–Kier alpha value is -1.96. The Morgan fingerprint density at radius 2 is 1.82 bits per heavy atom. The van der Waals surface area contributed by atoms with Gasteiger partial charge in [0.2, 0.25) is 5.91 Å². The highest BCUT2D eigenvalue weighted by molar-refractivity contribution is 7.92. The zero-order chi connectivity index (χ0) is 17.0. The van der Waals surface area contributed by atoms with Crippen molar-refractivity contribution in [2.45, 2.75) is 25.8 Å². The first-order valence-electron chi connectivity index (χ1n) is 6.61. The summed E-state index contributed by atoms with van der Waals surface area (Å²) in [6.07, 6.45) is 0.365. The average molecular weight is 331 g/mol. The van der Waals surface area contributed by atoms with Crippen LogP contribution in [0.5, 0.6) is 0 Å². The Morgan fingerprint density at radius 3 is 2.27 bits per heavy atom. The van der Waals surface area contributed by atoms with E-state index in [9.17, 15) is 27.5 Å². The van der Waals surface area contributed by atoms with Crippen molar-refractivity contribution in [1.82, 2.24) is 5.32 Å². The smallest absolute Gasteiger partial charge is 0.333 e. The molecule has 0 radical (unpaired) electrons. The molecule has 22 heavy (non-hydrogen) atoms. The largest absolute Gasteiger partial charge is 0.479 e. The first-order valence-corrected chi connectivity index (χ1v) is 8.43. The molecule has 0 bridgehead atoms. The highest BCUT2D eigenvalue weighted by Crippen LogP contribution is 2.21. The van der Waals surface area contributed by atoms with Crippen LogP contribution in [0.4, 0.5) is 4.39 Å². The number of halogens is 1. The maximum atomic E-state index is 12.9. The Kier molecular flexibility index (Phi) is 5.65. The van der Waals surface area contributed by atoms with Crippen LogP contribution in [0.1, 0.15) is 25.8 Å². The van der Waals surface area contributed by atoms with Gasteiger partial charge in [-0.15, -0.1) is 0 Å². The second-order valence-electron chi connectivity index (χ2n) is 5.08. The summed E-state index contributed by atoms with van der Waals surface area (Å²) in [6, 6.07) is 4.58. The van der Waals surface area contributed by atoms with E-state index < -0.39 is 38.8 Å². The molecule has 1 unspecified atom stereocenters. The van der Waals surface area contributed by atoms with E-state index in [0.29, 0.717) is 6.42 Å². The van der Waals surface area contributed by atoms with Crippen LogP contribution in [0.15, 0.2) is 24.3 Å². The third kappa shape index (κ3) is 4.52. The minimum atomic E-state index is -3.58. The Morgan fingerprint density at radius 1 is 1.27 bits per heavy atom. The molecule has 0 saturated heterocycles. The number of carbonyl (C=O) groups is 2. The SMILES string of the molecule is CCCS(=O)(=O)CC(=O)NC(C)(C(=O)O)c1ccc(F)cc1. The molecule has 8 heteroatoms. The van der Waals surface area contributed by atoms with Crippen molar-refractivity contribution in [2.24, 2.45) is 0 Å². The number of hydrogen-bond acceptors (Lipinski definition) is 4. The normalized spacial score (nSPS) is 14.1. The number of benzene rings is 1. The quantitative estimate of drug-likeness (QED) is 0.778. The summed E-state index contributed by atoms with van der Waals surface area (Å²) in [5, 5.41) is 11.6. The Bertz CT molecular complexity index is 656. The van der Waals surface area contributed by atoms with Crippen molar-refractivity contribution in [3.05, 3.63) is 35.6 Å². The van der Waals surface area contributed by atoms with Crippen LogP contribution < -0.4 is 5.32 Å². The molecule has 1 aromatic carbocycles. The number of carboxylic acids is 1. The molecule has 0 heterocycles. The third-order valence-corrected chi connectivity index (χ3v) is 4.84. The standard InChI is InChI=1S/C14H18FNO5S/c1-3-8-22(20,21)9-12(17)16-14(2,13(18)19)10-4-6-11(15)7-5-10/h4-7H,3,8-9H2,1-2H3,(H,16,17)(H,18,19). The van der Waals surface area contributed by atoms with Gasteiger partial charge in [0.25, 0.3) is 0 Å². The summed E-state index contributed by atoms with van der Waals surface area (Å²) < 4.78 is 36.2. The lowest BCUT2D eigenvalue weighted by Crippen LogP contribution is -2.51. The van der Waals surface area contributed by atoms with Gasteiger partial charge in [0.15, 0.2) is 15.4 Å². The first-order chi connectivity index (χ1) is 10.1. The van der Waals surface area contributed by atoms with E-state index in [-0.39, 0.29) is 11.3 Å². The molecule has 1 rings (SSSR count). The fraction of sp³-hybridized carbons (Fsp3) is 0.429. The van der Waals surface area contributed by atoms with Crippen molar-refractivity contribution in [3.8, 4) is 0 Å². The van der Waals surface area contributed by atoms with Crippen LogP contribution >= 0.6 is 0 Å². The Labute approximate surface area is 128 Å². The second-order valence-corrected chi connectivity index (χ2v) is 7.26. The molecule has 1 amide bonds. The fourth-order valence-electron chi connectivity index (χ4n) is 1.93. The highest BCUT2D eigenvalue weighted by atomic mass is 32.2. The average Bonchev–Trinajstić information content (AvgIpc) is 2.37. The summed E-state index contributed by atoms with van der Waals surface area (Å²) >= 11 is 0. The van der Waals surface area contributed by atoms with Gasteiger partial charge in [0.1, 0.15) is 11.6 Å². The van der Waals surface area contributed by atoms with Crippen LogP contribution in [0.25, 0.3) is 0 Å². The van der Waals surface area contributed by atoms with E-state index in [0.717, 1.165) is 12.1 Å². The van der Waals surface area contributed by atoms with Crippen LogP contribution in [-0.4, -0.2) is 36.9 Å². The monoisotopic (exact) mass is 331 g/mol. The van der Waals surface area contributed by atoms with Gasteiger partial charge in [-0.25, -0.2) is 17.6 Å². The van der Waals surface area contributed by atoms with Gasteiger partial charge in [-0.05, 0) is 31.0 Å². The van der Waals surface area contributed by atoms with E-state index in [2.05, 4.69) is 5.32 Å². The lowest BCUT2D eigenvalue weighted by atomic mass is 9.92. The highest BCUT2D eigenvalue weighted by Gasteiger charge is 2.37. The van der Waals surface area contributed by atoms with Gasteiger partial charge >= 0.3 is 5.97 Å². The topological polar surface area (TPSA) is 101 Å². The molecule has 122 valence electrons. The number of amides is 1. The number of aliphatic carboxylic acids is 1. The molecule has 1 aromatic rings. The number of nitrogens with one attached hydrogen (secondary N) is 1. The van der Waals surface area contributed by atoms with Crippen molar-refractivity contribution < 1.29 is 27.5 Å². The molecule has 0 aliphatic heterocycles. The zero-order valence-electron chi connectivity index (χ0n) is 12.3. The molecular weight excluding hydrogens is 313 g/mol. The second kappa shape index (κ2) is 6.87. The van der Waals surface area contributed by atoms with Crippen molar-refractivity contribution in [3.63, 3.8) is 0 Å². The van der Waals surface area contributed by atoms with E-state index >= 15 is 0 Å². The molecule has 6 nitrogen and oxygen atoms in total. The number of carbonyl (C=O) groups excluding carboxylic acids is 1. The van der Waals surface area contributed by atoms with Crippen molar-refractivity contribution in [1.29, 1.82) is 0 Å². The molecule has 0 aromatic heterocycles. The van der Waals surface area contributed by atoms with E-state index in [1.165, 1.54) is 19.1 Å². The molecular formula is C14H18FNO5S. The van der Waals surface area contributed by atoms with Crippen LogP contribution in [0.2, 0.25) is 0 Å². The van der Waals surface area contributed by atoms with Crippen LogP contribution in [-0.2, 0) is 25.0 Å². The molecule has 0 saturated carbocycles. The number of hydrogen-bond donors (Lipinski definition) is 2. The molecule has 2 N–H and O–H groups in total. The number of rotatable bonds is 7. The van der Waals surface area contributed by atoms with Crippen LogP contribution in [0.3, 0.4) is 0 Å². The summed E-state index contributed by atoms with van der Waals surface area (Å²) in [5.74, 6) is -3.78. The first kappa shape index (κ1) is 18.1. The zero-order valence-corrected chi connectivity index (χ0v) is 13.1. The lowest BCUT2D eigenvalue weighted by Gasteiger charge is -2.26. The van der Waals surface area contributed by atoms with Gasteiger partial charge in [0, 0.05) is 0 Å². The van der Waals surface area contributed by atoms with E-state index in [1.54, 1.807) is 6.92 Å². The number of carboxylic acid groups (broad SMARTS) is 1. The summed E-state index contributed by atoms with van der Waals surface area (Å²) in [7, 11) is -3.58. The van der Waals surface area contributed by atoms with Crippen molar-refractivity contribution >= 4 is 21.7 Å². The minimum Gasteiger partial charge on any atom is -0.479 e. The third-order valence-electron chi connectivity index (χ3n) is 3.10. The van der Waals surface area contributed by atoms with Gasteiger partial charge in [0.05, 0.1) is 5.75 Å². The van der Waals surface area contributed by atoms with Gasteiger partial charge in [-0.1, -0.05) is 19.1 Å². The minimum absolute atomic E-state index is 0.141. The summed E-state index contributed by atoms with van der Waals surface area (Å²) in [4.78, 5) is 23.3. The van der Waals surface area contributed by atoms with Gasteiger partial charge in [-0.2, -0.15) is 0 Å². The van der Waals surface area contributed by atoms with E-state index in [4.69, 9.17) is 0 Å². The van der Waals surface area contributed by atoms with Gasteiger partial charge in [-0.3, -0.25) is 4.79 Å². The molecule has 0 aliphatic carbocycles.